The number of carbonyl (C=O) groups excluding carboxylic acids is 3. The Labute approximate surface area is 144 Å². The smallest absolute Gasteiger partial charge is 0.239 e. The van der Waals surface area contributed by atoms with Gasteiger partial charge in [0, 0.05) is 6.42 Å². The van der Waals surface area contributed by atoms with Crippen LogP contribution in [0.4, 0.5) is 0 Å². The predicted octanol–water partition coefficient (Wildman–Crippen LogP) is 0.879. The maximum Gasteiger partial charge on any atom is 0.239 e. The van der Waals surface area contributed by atoms with Gasteiger partial charge in [0.2, 0.25) is 11.8 Å². The summed E-state index contributed by atoms with van der Waals surface area (Å²) in [6.07, 6.45) is 0.611. The van der Waals surface area contributed by atoms with Crippen molar-refractivity contribution in [2.24, 2.45) is 11.7 Å². The zero-order valence-electron chi connectivity index (χ0n) is 15.3. The third-order valence-electron chi connectivity index (χ3n) is 3.34. The molecule has 2 atom stereocenters. The molecule has 0 radical (unpaired) electrons. The summed E-state index contributed by atoms with van der Waals surface area (Å²) < 4.78 is 5.51. The van der Waals surface area contributed by atoms with Gasteiger partial charge >= 0.3 is 0 Å². The van der Waals surface area contributed by atoms with E-state index in [0.717, 1.165) is 0 Å². The van der Waals surface area contributed by atoms with E-state index in [-0.39, 0.29) is 36.2 Å². The molecule has 24 heavy (non-hydrogen) atoms. The second kappa shape index (κ2) is 10.8. The monoisotopic (exact) mass is 341 g/mol. The quantitative estimate of drug-likeness (QED) is 0.483. The molecule has 0 aromatic heterocycles. The number of hydrogen-bond donors (Lipinski definition) is 3. The standard InChI is InChI=1S/C17H31N3O4/c1-10(2)16(18)17(23)19-9-15(22)20-14(8-7-12(5)21)13(6)24-11(3)4/h10-11,14,16H,6-9,18H2,1-5H3,(H,19,23)(H,20,22). The van der Waals surface area contributed by atoms with Crippen LogP contribution in [0, 0.1) is 5.92 Å². The molecule has 4 N–H and O–H groups in total. The summed E-state index contributed by atoms with van der Waals surface area (Å²) in [6, 6.07) is -1.15. The van der Waals surface area contributed by atoms with E-state index in [9.17, 15) is 14.4 Å². The largest absolute Gasteiger partial charge is 0.494 e. The van der Waals surface area contributed by atoms with E-state index >= 15 is 0 Å². The van der Waals surface area contributed by atoms with Crippen LogP contribution >= 0.6 is 0 Å². The SMILES string of the molecule is C=C(OC(C)C)C(CCC(C)=O)NC(=O)CNC(=O)C(N)C(C)C. The molecule has 0 aromatic rings. The first-order valence-electron chi connectivity index (χ1n) is 8.22. The Morgan fingerprint density at radius 2 is 1.75 bits per heavy atom. The third-order valence-corrected chi connectivity index (χ3v) is 3.34. The van der Waals surface area contributed by atoms with Crippen molar-refractivity contribution >= 4 is 17.6 Å². The van der Waals surface area contributed by atoms with Gasteiger partial charge in [-0.15, -0.1) is 0 Å². The van der Waals surface area contributed by atoms with Crippen LogP contribution in [-0.2, 0) is 19.1 Å². The number of carbonyl (C=O) groups is 3. The second-order valence-electron chi connectivity index (χ2n) is 6.48. The number of nitrogens with two attached hydrogens (primary N) is 1. The fourth-order valence-corrected chi connectivity index (χ4v) is 1.88. The molecule has 0 rings (SSSR count). The number of amides is 2. The summed E-state index contributed by atoms with van der Waals surface area (Å²) in [7, 11) is 0. The average Bonchev–Trinajstić information content (AvgIpc) is 2.46. The zero-order valence-corrected chi connectivity index (χ0v) is 15.3. The van der Waals surface area contributed by atoms with Crippen molar-refractivity contribution in [1.29, 1.82) is 0 Å². The van der Waals surface area contributed by atoms with Crippen molar-refractivity contribution in [2.75, 3.05) is 6.54 Å². The van der Waals surface area contributed by atoms with E-state index in [1.807, 2.05) is 27.7 Å². The Morgan fingerprint density at radius 1 is 1.17 bits per heavy atom. The normalized spacial score (nSPS) is 13.3. The Balaban J connectivity index is 4.59. The van der Waals surface area contributed by atoms with E-state index in [0.29, 0.717) is 18.6 Å². The Bertz CT molecular complexity index is 461. The molecule has 0 heterocycles. The predicted molar refractivity (Wildman–Crippen MR) is 93.0 cm³/mol. The first-order valence-corrected chi connectivity index (χ1v) is 8.22. The van der Waals surface area contributed by atoms with Crippen LogP contribution in [0.2, 0.25) is 0 Å². The molecule has 0 fully saturated rings. The van der Waals surface area contributed by atoms with E-state index in [1.54, 1.807) is 0 Å². The minimum absolute atomic E-state index is 0.0165. The van der Waals surface area contributed by atoms with Crippen LogP contribution < -0.4 is 16.4 Å². The molecule has 7 nitrogen and oxygen atoms in total. The highest BCUT2D eigenvalue weighted by molar-refractivity contribution is 5.87. The maximum atomic E-state index is 12.0. The topological polar surface area (TPSA) is 111 Å². The highest BCUT2D eigenvalue weighted by atomic mass is 16.5. The van der Waals surface area contributed by atoms with Crippen LogP contribution in [0.5, 0.6) is 0 Å². The Kier molecular flexibility index (Phi) is 9.95. The summed E-state index contributed by atoms with van der Waals surface area (Å²) in [4.78, 5) is 35.0. The minimum atomic E-state index is -0.662. The fraction of sp³-hybridized carbons (Fsp3) is 0.706. The first-order chi connectivity index (χ1) is 11.0. The molecule has 0 spiro atoms. The summed E-state index contributed by atoms with van der Waals surface area (Å²) in [5, 5.41) is 5.23. The van der Waals surface area contributed by atoms with Crippen molar-refractivity contribution in [2.45, 2.75) is 65.6 Å². The van der Waals surface area contributed by atoms with Gasteiger partial charge in [0.05, 0.1) is 24.7 Å². The molecule has 2 unspecified atom stereocenters. The summed E-state index contributed by atoms with van der Waals surface area (Å²) in [5.74, 6) is -0.373. The molecule has 0 aromatic carbocycles. The van der Waals surface area contributed by atoms with Crippen molar-refractivity contribution in [3.05, 3.63) is 12.3 Å². The molecular formula is C17H31N3O4. The van der Waals surface area contributed by atoms with E-state index < -0.39 is 12.1 Å². The van der Waals surface area contributed by atoms with E-state index in [1.165, 1.54) is 6.92 Å². The maximum absolute atomic E-state index is 12.0. The number of ketones is 1. The number of Topliss-reactive ketones (excluding diaryl/α,β-unsaturated/α-hetero) is 1. The molecule has 138 valence electrons. The highest BCUT2D eigenvalue weighted by Gasteiger charge is 2.21. The lowest BCUT2D eigenvalue weighted by molar-refractivity contribution is -0.127. The van der Waals surface area contributed by atoms with Gasteiger partial charge in [-0.2, -0.15) is 0 Å². The summed E-state index contributed by atoms with van der Waals surface area (Å²) in [6.45, 7) is 12.5. The van der Waals surface area contributed by atoms with Crippen LogP contribution in [0.25, 0.3) is 0 Å². The number of hydrogen-bond acceptors (Lipinski definition) is 5. The number of ether oxygens (including phenoxy) is 1. The lowest BCUT2D eigenvalue weighted by Crippen LogP contribution is -2.48. The molecule has 2 amide bonds. The van der Waals surface area contributed by atoms with Crippen LogP contribution in [0.3, 0.4) is 0 Å². The highest BCUT2D eigenvalue weighted by Crippen LogP contribution is 2.11. The summed E-state index contributed by atoms with van der Waals surface area (Å²) in [5.41, 5.74) is 5.72. The van der Waals surface area contributed by atoms with E-state index in [2.05, 4.69) is 17.2 Å². The zero-order chi connectivity index (χ0) is 18.9. The minimum Gasteiger partial charge on any atom is -0.494 e. The molecule has 0 saturated carbocycles. The Morgan fingerprint density at radius 3 is 2.21 bits per heavy atom. The average molecular weight is 341 g/mol. The number of nitrogens with one attached hydrogen (secondary N) is 2. The van der Waals surface area contributed by atoms with Crippen LogP contribution in [0.1, 0.15) is 47.5 Å². The van der Waals surface area contributed by atoms with Gasteiger partial charge in [0.25, 0.3) is 0 Å². The molecule has 0 aliphatic rings. The number of rotatable bonds is 11. The lowest BCUT2D eigenvalue weighted by Gasteiger charge is -2.23. The van der Waals surface area contributed by atoms with Gasteiger partial charge in [-0.25, -0.2) is 0 Å². The van der Waals surface area contributed by atoms with E-state index in [4.69, 9.17) is 10.5 Å². The van der Waals surface area contributed by atoms with Crippen molar-refractivity contribution in [3.8, 4) is 0 Å². The van der Waals surface area contributed by atoms with Gasteiger partial charge in [0.15, 0.2) is 0 Å². The Hall–Kier alpha value is -1.89. The lowest BCUT2D eigenvalue weighted by atomic mass is 10.1. The molecule has 7 heteroatoms. The molecular weight excluding hydrogens is 310 g/mol. The van der Waals surface area contributed by atoms with Crippen molar-refractivity contribution in [1.82, 2.24) is 10.6 Å². The summed E-state index contributed by atoms with van der Waals surface area (Å²) >= 11 is 0. The molecule has 0 aliphatic heterocycles. The fourth-order valence-electron chi connectivity index (χ4n) is 1.88. The van der Waals surface area contributed by atoms with Crippen molar-refractivity contribution in [3.63, 3.8) is 0 Å². The van der Waals surface area contributed by atoms with Gasteiger partial charge in [-0.1, -0.05) is 20.4 Å². The second-order valence-corrected chi connectivity index (χ2v) is 6.48. The van der Waals surface area contributed by atoms with Gasteiger partial charge in [-0.05, 0) is 33.1 Å². The van der Waals surface area contributed by atoms with Crippen LogP contribution in [0.15, 0.2) is 12.3 Å². The first kappa shape index (κ1) is 22.1. The van der Waals surface area contributed by atoms with Crippen LogP contribution in [-0.4, -0.2) is 42.3 Å². The molecule has 0 aliphatic carbocycles. The molecule has 0 saturated heterocycles. The molecule has 0 bridgehead atoms. The van der Waals surface area contributed by atoms with Gasteiger partial charge < -0.3 is 25.9 Å². The van der Waals surface area contributed by atoms with Gasteiger partial charge in [0.1, 0.15) is 11.5 Å². The van der Waals surface area contributed by atoms with Gasteiger partial charge in [-0.3, -0.25) is 9.59 Å². The third kappa shape index (κ3) is 9.29. The van der Waals surface area contributed by atoms with Crippen molar-refractivity contribution < 1.29 is 19.1 Å².